The lowest BCUT2D eigenvalue weighted by Gasteiger charge is -2.32. The number of anilines is 3. The molecule has 0 bridgehead atoms. The van der Waals surface area contributed by atoms with E-state index in [1.54, 1.807) is 0 Å². The Bertz CT molecular complexity index is 2880. The number of ketones is 1. The van der Waals surface area contributed by atoms with Crippen molar-refractivity contribution in [1.82, 2.24) is 4.57 Å². The summed E-state index contributed by atoms with van der Waals surface area (Å²) in [6.07, 6.45) is 0. The summed E-state index contributed by atoms with van der Waals surface area (Å²) >= 11 is 1.82. The zero-order valence-electron chi connectivity index (χ0n) is 28.5. The first-order valence-electron chi connectivity index (χ1n) is 17.9. The lowest BCUT2D eigenvalue weighted by atomic mass is 10.00. The zero-order valence-corrected chi connectivity index (χ0v) is 29.3. The third kappa shape index (κ3) is 4.59. The van der Waals surface area contributed by atoms with Gasteiger partial charge in [-0.1, -0.05) is 133 Å². The Morgan fingerprint density at radius 3 is 1.70 bits per heavy atom. The summed E-state index contributed by atoms with van der Waals surface area (Å²) in [4.78, 5) is 19.0. The van der Waals surface area contributed by atoms with E-state index in [9.17, 15) is 4.79 Å². The first-order valence-corrected chi connectivity index (χ1v) is 18.7. The molecule has 0 saturated carbocycles. The van der Waals surface area contributed by atoms with Gasteiger partial charge >= 0.3 is 0 Å². The highest BCUT2D eigenvalue weighted by Crippen LogP contribution is 2.51. The third-order valence-corrected chi connectivity index (χ3v) is 11.9. The van der Waals surface area contributed by atoms with Gasteiger partial charge in [-0.15, -0.1) is 0 Å². The van der Waals surface area contributed by atoms with Crippen LogP contribution in [0.4, 0.5) is 17.1 Å². The molecule has 2 aliphatic rings. The van der Waals surface area contributed by atoms with E-state index in [0.717, 1.165) is 72.1 Å². The van der Waals surface area contributed by atoms with Crippen LogP contribution in [0.25, 0.3) is 60.9 Å². The van der Waals surface area contributed by atoms with Crippen LogP contribution in [0.1, 0.15) is 15.9 Å². The van der Waals surface area contributed by atoms with Crippen molar-refractivity contribution >= 4 is 56.4 Å². The zero-order chi connectivity index (χ0) is 35.0. The van der Waals surface area contributed by atoms with Crippen molar-refractivity contribution in [2.45, 2.75) is 9.79 Å². The van der Waals surface area contributed by atoms with Crippen LogP contribution in [0.3, 0.4) is 0 Å². The SMILES string of the molecule is O=C1c2ccccc2-c2ccc3c4cc(-c5ccc(N6c7ccccc7Sc7ccccc76)cc5)ccc4n(-c4ccc(-c5ccccc5)cc4)c3c21. The fraction of sp³-hybridized carbons (Fsp3) is 0. The molecule has 1 aromatic heterocycles. The van der Waals surface area contributed by atoms with Crippen molar-refractivity contribution < 1.29 is 4.79 Å². The highest BCUT2D eigenvalue weighted by molar-refractivity contribution is 7.99. The highest BCUT2D eigenvalue weighted by atomic mass is 32.2. The number of para-hydroxylation sites is 2. The average Bonchev–Trinajstić information content (AvgIpc) is 3.71. The predicted octanol–water partition coefficient (Wildman–Crippen LogP) is 13.3. The van der Waals surface area contributed by atoms with Crippen LogP contribution in [0, 0.1) is 0 Å². The molecule has 0 saturated heterocycles. The average molecular weight is 695 g/mol. The molecule has 248 valence electrons. The van der Waals surface area contributed by atoms with E-state index < -0.39 is 0 Å². The van der Waals surface area contributed by atoms with E-state index in [2.05, 4.69) is 167 Å². The van der Waals surface area contributed by atoms with Gasteiger partial charge in [-0.05, 0) is 94.0 Å². The maximum atomic E-state index is 14.2. The molecule has 0 amide bonds. The van der Waals surface area contributed by atoms with Gasteiger partial charge in [0.05, 0.1) is 28.0 Å². The molecular weight excluding hydrogens is 665 g/mol. The minimum absolute atomic E-state index is 0.0845. The van der Waals surface area contributed by atoms with Crippen molar-refractivity contribution in [1.29, 1.82) is 0 Å². The molecule has 9 aromatic rings. The first-order chi connectivity index (χ1) is 26.2. The van der Waals surface area contributed by atoms with Gasteiger partial charge in [0.2, 0.25) is 0 Å². The molecule has 0 spiro atoms. The molecule has 0 unspecified atom stereocenters. The van der Waals surface area contributed by atoms with Crippen molar-refractivity contribution in [3.05, 3.63) is 193 Å². The van der Waals surface area contributed by atoms with E-state index in [1.165, 1.54) is 26.7 Å². The number of nitrogens with zero attached hydrogens (tertiary/aromatic N) is 2. The second-order valence-corrected chi connectivity index (χ2v) is 14.7. The van der Waals surface area contributed by atoms with Crippen LogP contribution in [-0.4, -0.2) is 10.4 Å². The number of aromatic nitrogens is 1. The van der Waals surface area contributed by atoms with Gasteiger partial charge < -0.3 is 9.47 Å². The Hall–Kier alpha value is -6.62. The summed E-state index contributed by atoms with van der Waals surface area (Å²) in [5, 5.41) is 2.20. The molecule has 0 radical (unpaired) electrons. The second-order valence-electron chi connectivity index (χ2n) is 13.7. The maximum absolute atomic E-state index is 14.2. The molecular formula is C49H30N2OS. The largest absolute Gasteiger partial charge is 0.308 e. The van der Waals surface area contributed by atoms with E-state index in [-0.39, 0.29) is 5.78 Å². The van der Waals surface area contributed by atoms with E-state index in [4.69, 9.17) is 0 Å². The van der Waals surface area contributed by atoms with Crippen molar-refractivity contribution in [2.75, 3.05) is 4.90 Å². The Morgan fingerprint density at radius 2 is 0.981 bits per heavy atom. The molecule has 0 fully saturated rings. The van der Waals surface area contributed by atoms with Gasteiger partial charge in [0.15, 0.2) is 5.78 Å². The van der Waals surface area contributed by atoms with Crippen LogP contribution < -0.4 is 4.90 Å². The normalized spacial score (nSPS) is 12.8. The summed E-state index contributed by atoms with van der Waals surface area (Å²) < 4.78 is 2.29. The van der Waals surface area contributed by atoms with Gasteiger partial charge in [0.25, 0.3) is 0 Å². The monoisotopic (exact) mass is 694 g/mol. The number of hydrogen-bond donors (Lipinski definition) is 0. The minimum atomic E-state index is 0.0845. The quantitative estimate of drug-likeness (QED) is 0.183. The fourth-order valence-corrected chi connectivity index (χ4v) is 9.34. The number of benzene rings is 8. The lowest BCUT2D eigenvalue weighted by molar-refractivity contribution is 0.104. The number of carbonyl (C=O) groups is 1. The van der Waals surface area contributed by atoms with Crippen molar-refractivity contribution in [3.8, 4) is 39.1 Å². The molecule has 0 N–H and O–H groups in total. The molecule has 0 atom stereocenters. The van der Waals surface area contributed by atoms with Gasteiger partial charge in [0, 0.05) is 37.5 Å². The smallest absolute Gasteiger partial charge is 0.196 e. The molecule has 53 heavy (non-hydrogen) atoms. The van der Waals surface area contributed by atoms with Gasteiger partial charge in [-0.3, -0.25) is 4.79 Å². The van der Waals surface area contributed by atoms with Gasteiger partial charge in [0.1, 0.15) is 0 Å². The summed E-state index contributed by atoms with van der Waals surface area (Å²) in [5.41, 5.74) is 14.7. The number of hydrogen-bond acceptors (Lipinski definition) is 3. The summed E-state index contributed by atoms with van der Waals surface area (Å²) in [7, 11) is 0. The molecule has 1 aliphatic carbocycles. The van der Waals surface area contributed by atoms with Crippen LogP contribution in [0.5, 0.6) is 0 Å². The minimum Gasteiger partial charge on any atom is -0.308 e. The molecule has 11 rings (SSSR count). The number of fused-ring (bicyclic) bond motifs is 9. The molecule has 3 nitrogen and oxygen atoms in total. The van der Waals surface area contributed by atoms with Gasteiger partial charge in [-0.25, -0.2) is 0 Å². The number of rotatable bonds is 4. The summed E-state index contributed by atoms with van der Waals surface area (Å²) in [6.45, 7) is 0. The highest BCUT2D eigenvalue weighted by Gasteiger charge is 2.31. The Morgan fingerprint density at radius 1 is 0.415 bits per heavy atom. The molecule has 2 heterocycles. The summed E-state index contributed by atoms with van der Waals surface area (Å²) in [6, 6.07) is 64.3. The van der Waals surface area contributed by atoms with E-state index in [1.807, 2.05) is 36.0 Å². The standard InChI is InChI=1S/C49H30N2OS/c52-49-40-13-5-4-12-37(40)38-27-28-39-41-30-34(22-29-42(41)51(48(39)47(38)49)36-25-18-32(19-26-36)31-10-2-1-3-11-31)33-20-23-35(24-21-33)50-43-14-6-8-16-45(43)53-46-17-9-7-15-44(46)50/h1-30H. The van der Waals surface area contributed by atoms with Crippen LogP contribution in [-0.2, 0) is 0 Å². The number of carbonyl (C=O) groups excluding carboxylic acids is 1. The molecule has 1 aliphatic heterocycles. The van der Waals surface area contributed by atoms with E-state index in [0.29, 0.717) is 0 Å². The Labute approximate surface area is 311 Å². The predicted molar refractivity (Wildman–Crippen MR) is 219 cm³/mol. The maximum Gasteiger partial charge on any atom is 0.196 e. The topological polar surface area (TPSA) is 25.2 Å². The van der Waals surface area contributed by atoms with E-state index >= 15 is 0 Å². The Kier molecular flexibility index (Phi) is 6.64. The van der Waals surface area contributed by atoms with Crippen LogP contribution >= 0.6 is 11.8 Å². The van der Waals surface area contributed by atoms with Crippen LogP contribution in [0.2, 0.25) is 0 Å². The molecule has 4 heteroatoms. The lowest BCUT2D eigenvalue weighted by Crippen LogP contribution is -2.14. The second kappa shape index (κ2) is 11.7. The van der Waals surface area contributed by atoms with Crippen LogP contribution in [0.15, 0.2) is 192 Å². The first kappa shape index (κ1) is 30.0. The van der Waals surface area contributed by atoms with Gasteiger partial charge in [-0.2, -0.15) is 0 Å². The third-order valence-electron chi connectivity index (χ3n) is 10.7. The molecule has 8 aromatic carbocycles. The van der Waals surface area contributed by atoms with Crippen molar-refractivity contribution in [2.24, 2.45) is 0 Å². The fourth-order valence-electron chi connectivity index (χ4n) is 8.28. The Balaban J connectivity index is 1.06. The van der Waals surface area contributed by atoms with Crippen molar-refractivity contribution in [3.63, 3.8) is 0 Å². The summed E-state index contributed by atoms with van der Waals surface area (Å²) in [5.74, 6) is 0.0845.